The highest BCUT2D eigenvalue weighted by molar-refractivity contribution is 6.22. The molecule has 3 heterocycles. The number of anilines is 1. The Balaban J connectivity index is 1.14. The maximum atomic E-state index is 5.73. The fourth-order valence-electron chi connectivity index (χ4n) is 9.85. The van der Waals surface area contributed by atoms with Crippen LogP contribution in [0, 0.1) is 0 Å². The van der Waals surface area contributed by atoms with E-state index in [9.17, 15) is 0 Å². The van der Waals surface area contributed by atoms with Crippen molar-refractivity contribution in [1.29, 1.82) is 0 Å². The van der Waals surface area contributed by atoms with Gasteiger partial charge in [-0.15, -0.1) is 0 Å². The first-order valence-corrected chi connectivity index (χ1v) is 19.2. The third kappa shape index (κ3) is 4.14. The van der Waals surface area contributed by atoms with Gasteiger partial charge in [0.05, 0.1) is 22.1 Å². The van der Waals surface area contributed by atoms with Crippen molar-refractivity contribution in [3.05, 3.63) is 192 Å². The lowest BCUT2D eigenvalue weighted by Gasteiger charge is -2.27. The number of aromatic nitrogens is 2. The number of hydrogen-bond donors (Lipinski definition) is 1. The molecule has 2 aromatic heterocycles. The van der Waals surface area contributed by atoms with Gasteiger partial charge in [0.2, 0.25) is 5.96 Å². The smallest absolute Gasteiger partial charge is 0.208 e. The maximum Gasteiger partial charge on any atom is 0.208 e. The van der Waals surface area contributed by atoms with Gasteiger partial charge in [-0.2, -0.15) is 0 Å². The molecule has 55 heavy (non-hydrogen) atoms. The molecule has 0 saturated carbocycles. The topological polar surface area (TPSA) is 34.2 Å². The SMILES string of the molecule is CC1(C)c2ccccc2-c2c1ccc1c3ccccc3n(C3=NC(c4ccc5c6c7ccccc7ccc6n(-c6ccccc6)c5c4)c4ccccc4N3)c21. The molecule has 1 aliphatic heterocycles. The first-order chi connectivity index (χ1) is 27.1. The van der Waals surface area contributed by atoms with Crippen molar-refractivity contribution in [2.45, 2.75) is 25.3 Å². The van der Waals surface area contributed by atoms with Gasteiger partial charge in [0.15, 0.2) is 0 Å². The quantitative estimate of drug-likeness (QED) is 0.191. The number of hydrogen-bond acceptors (Lipinski definition) is 2. The molecular formula is C51H36N4. The molecule has 0 radical (unpaired) electrons. The summed E-state index contributed by atoms with van der Waals surface area (Å²) >= 11 is 0. The summed E-state index contributed by atoms with van der Waals surface area (Å²) in [6, 6.07) is 61.8. The Labute approximate surface area is 318 Å². The number of para-hydroxylation sites is 3. The Morgan fingerprint density at radius 3 is 2.20 bits per heavy atom. The largest absolute Gasteiger partial charge is 0.325 e. The van der Waals surface area contributed by atoms with Crippen LogP contribution in [0.4, 0.5) is 5.69 Å². The second-order valence-electron chi connectivity index (χ2n) is 15.6. The molecule has 260 valence electrons. The fourth-order valence-corrected chi connectivity index (χ4v) is 9.85. The van der Waals surface area contributed by atoms with Crippen LogP contribution in [0.25, 0.3) is 71.2 Å². The van der Waals surface area contributed by atoms with E-state index in [0.717, 1.165) is 34.0 Å². The van der Waals surface area contributed by atoms with Crippen LogP contribution in [0.5, 0.6) is 0 Å². The first-order valence-electron chi connectivity index (χ1n) is 19.2. The first kappa shape index (κ1) is 30.5. The predicted octanol–water partition coefficient (Wildman–Crippen LogP) is 12.8. The van der Waals surface area contributed by atoms with Crippen LogP contribution in [0.1, 0.15) is 42.1 Å². The molecule has 4 nitrogen and oxygen atoms in total. The minimum absolute atomic E-state index is 0.115. The summed E-state index contributed by atoms with van der Waals surface area (Å²) < 4.78 is 4.82. The van der Waals surface area contributed by atoms with E-state index in [0.29, 0.717) is 0 Å². The van der Waals surface area contributed by atoms with Crippen LogP contribution in [-0.4, -0.2) is 15.1 Å². The third-order valence-corrected chi connectivity index (χ3v) is 12.4. The van der Waals surface area contributed by atoms with Gasteiger partial charge in [0, 0.05) is 49.5 Å². The molecule has 12 rings (SSSR count). The number of fused-ring (bicyclic) bond motifs is 13. The van der Waals surface area contributed by atoms with Crippen LogP contribution in [0.15, 0.2) is 175 Å². The van der Waals surface area contributed by atoms with E-state index < -0.39 is 0 Å². The molecule has 1 atom stereocenters. The van der Waals surface area contributed by atoms with Crippen molar-refractivity contribution in [3.63, 3.8) is 0 Å². The summed E-state index contributed by atoms with van der Waals surface area (Å²) in [6.07, 6.45) is 0. The zero-order valence-electron chi connectivity index (χ0n) is 30.6. The zero-order valence-corrected chi connectivity index (χ0v) is 30.6. The second-order valence-corrected chi connectivity index (χ2v) is 15.6. The van der Waals surface area contributed by atoms with E-state index in [2.05, 4.69) is 198 Å². The predicted molar refractivity (Wildman–Crippen MR) is 230 cm³/mol. The van der Waals surface area contributed by atoms with Crippen molar-refractivity contribution in [2.75, 3.05) is 5.32 Å². The molecule has 1 unspecified atom stereocenters. The van der Waals surface area contributed by atoms with Gasteiger partial charge in [-0.25, -0.2) is 4.99 Å². The van der Waals surface area contributed by atoms with Gasteiger partial charge in [-0.3, -0.25) is 4.57 Å². The molecule has 2 aliphatic rings. The molecule has 0 saturated heterocycles. The van der Waals surface area contributed by atoms with Crippen molar-refractivity contribution >= 4 is 66.0 Å². The van der Waals surface area contributed by atoms with Crippen molar-refractivity contribution < 1.29 is 0 Å². The lowest BCUT2D eigenvalue weighted by Crippen LogP contribution is -2.27. The molecule has 0 spiro atoms. The number of rotatable bonds is 2. The molecule has 8 aromatic carbocycles. The third-order valence-electron chi connectivity index (χ3n) is 12.4. The van der Waals surface area contributed by atoms with Crippen LogP contribution in [0.2, 0.25) is 0 Å². The van der Waals surface area contributed by atoms with Crippen LogP contribution in [-0.2, 0) is 5.41 Å². The van der Waals surface area contributed by atoms with Crippen LogP contribution >= 0.6 is 0 Å². The lowest BCUT2D eigenvalue weighted by molar-refractivity contribution is 0.661. The van der Waals surface area contributed by atoms with Gasteiger partial charge in [0.25, 0.3) is 0 Å². The maximum absolute atomic E-state index is 5.73. The molecular weight excluding hydrogens is 669 g/mol. The Morgan fingerprint density at radius 1 is 0.545 bits per heavy atom. The van der Waals surface area contributed by atoms with Crippen molar-refractivity contribution in [1.82, 2.24) is 9.13 Å². The number of benzene rings is 8. The molecule has 0 fully saturated rings. The van der Waals surface area contributed by atoms with Gasteiger partial charge in [-0.1, -0.05) is 147 Å². The van der Waals surface area contributed by atoms with Gasteiger partial charge < -0.3 is 9.88 Å². The van der Waals surface area contributed by atoms with E-state index in [1.807, 2.05) is 0 Å². The van der Waals surface area contributed by atoms with E-state index in [-0.39, 0.29) is 11.5 Å². The monoisotopic (exact) mass is 704 g/mol. The number of aliphatic imine (C=N–C) groups is 1. The minimum atomic E-state index is -0.229. The normalized spacial score (nSPS) is 15.7. The highest BCUT2D eigenvalue weighted by Gasteiger charge is 2.38. The Hall–Kier alpha value is -6.91. The van der Waals surface area contributed by atoms with Gasteiger partial charge >= 0.3 is 0 Å². The van der Waals surface area contributed by atoms with Crippen molar-refractivity contribution in [2.24, 2.45) is 4.99 Å². The Kier molecular flexibility index (Phi) is 6.14. The van der Waals surface area contributed by atoms with Crippen LogP contribution in [0.3, 0.4) is 0 Å². The standard InChI is InChI=1S/C51H36N4/c1-51(2)40-21-11-8-19-37(40)47-41(51)28-27-36-35-18-10-13-23-43(35)55(49(36)47)50-52-42-22-12-9-20-38(42)48(53-50)32-24-26-39-45(30-32)54(33-15-4-3-5-16-33)44-29-25-31-14-6-7-17-34(31)46(39)44/h3-30,48H,1-2H3,(H,52,53). The highest BCUT2D eigenvalue weighted by atomic mass is 15.2. The summed E-state index contributed by atoms with van der Waals surface area (Å²) in [4.78, 5) is 5.73. The summed E-state index contributed by atoms with van der Waals surface area (Å²) in [5, 5.41) is 11.3. The molecule has 1 aliphatic carbocycles. The zero-order chi connectivity index (χ0) is 36.4. The summed E-state index contributed by atoms with van der Waals surface area (Å²) in [6.45, 7) is 4.71. The molecule has 0 amide bonds. The summed E-state index contributed by atoms with van der Waals surface area (Å²) in [7, 11) is 0. The average molecular weight is 705 g/mol. The van der Waals surface area contributed by atoms with E-state index in [1.165, 1.54) is 71.1 Å². The molecule has 0 bridgehead atoms. The molecule has 4 heteroatoms. The Bertz CT molecular complexity index is 3270. The second kappa shape index (κ2) is 11.1. The van der Waals surface area contributed by atoms with Crippen LogP contribution < -0.4 is 5.32 Å². The Morgan fingerprint density at radius 2 is 1.29 bits per heavy atom. The van der Waals surface area contributed by atoms with E-state index in [4.69, 9.17) is 4.99 Å². The van der Waals surface area contributed by atoms with Gasteiger partial charge in [0.1, 0.15) is 6.04 Å². The van der Waals surface area contributed by atoms with E-state index in [1.54, 1.807) is 0 Å². The molecule has 1 N–H and O–H groups in total. The van der Waals surface area contributed by atoms with Crippen molar-refractivity contribution in [3.8, 4) is 16.8 Å². The fraction of sp³-hybridized carbons (Fsp3) is 0.0784. The number of nitrogens with one attached hydrogen (secondary N) is 1. The lowest BCUT2D eigenvalue weighted by atomic mass is 9.82. The highest BCUT2D eigenvalue weighted by Crippen LogP contribution is 2.53. The number of nitrogens with zero attached hydrogens (tertiary/aromatic N) is 3. The van der Waals surface area contributed by atoms with Gasteiger partial charge in [-0.05, 0) is 69.4 Å². The summed E-state index contributed by atoms with van der Waals surface area (Å²) in [5.74, 6) is 0.834. The molecule has 10 aromatic rings. The van der Waals surface area contributed by atoms with E-state index >= 15 is 0 Å². The minimum Gasteiger partial charge on any atom is -0.325 e. The summed E-state index contributed by atoms with van der Waals surface area (Å²) in [5.41, 5.74) is 14.5. The average Bonchev–Trinajstić information content (AvgIpc) is 3.84.